The zero-order valence-corrected chi connectivity index (χ0v) is 14.1. The van der Waals surface area contributed by atoms with Crippen molar-refractivity contribution in [2.45, 2.75) is 16.7 Å². The van der Waals surface area contributed by atoms with Crippen LogP contribution in [0.2, 0.25) is 0 Å². The fourth-order valence-corrected chi connectivity index (χ4v) is 3.59. The third kappa shape index (κ3) is 4.17. The zero-order chi connectivity index (χ0) is 17.3. The van der Waals surface area contributed by atoms with Crippen LogP contribution in [0.3, 0.4) is 0 Å². The number of Topliss-reactive ketones (excluding diaryl/α,β-unsaturated/α-hetero) is 1. The Morgan fingerprint density at radius 3 is 2.04 bits per heavy atom. The van der Waals surface area contributed by atoms with Gasteiger partial charge in [-0.05, 0) is 37.3 Å². The molecule has 6 nitrogen and oxygen atoms in total. The third-order valence-corrected chi connectivity index (χ3v) is 5.59. The number of anilines is 1. The lowest BCUT2D eigenvalue weighted by Crippen LogP contribution is -2.13. The molecule has 8 heteroatoms. The lowest BCUT2D eigenvalue weighted by atomic mass is 10.2. The number of sulfonamides is 1. The molecule has 23 heavy (non-hydrogen) atoms. The minimum absolute atomic E-state index is 0.0182. The topological polar surface area (TPSA) is 97.4 Å². The summed E-state index contributed by atoms with van der Waals surface area (Å²) in [6, 6.07) is 11.0. The fourth-order valence-electron chi connectivity index (χ4n) is 1.87. The molecule has 0 aliphatic carbocycles. The number of carbonyl (C=O) groups is 1. The molecule has 0 saturated carbocycles. The van der Waals surface area contributed by atoms with Gasteiger partial charge in [0.15, 0.2) is 15.6 Å². The first-order valence-electron chi connectivity index (χ1n) is 6.53. The van der Waals surface area contributed by atoms with Crippen LogP contribution in [0.25, 0.3) is 0 Å². The first-order chi connectivity index (χ1) is 10.6. The Morgan fingerprint density at radius 1 is 0.913 bits per heavy atom. The van der Waals surface area contributed by atoms with Gasteiger partial charge in [0.1, 0.15) is 0 Å². The summed E-state index contributed by atoms with van der Waals surface area (Å²) < 4.78 is 49.9. The number of ketones is 1. The van der Waals surface area contributed by atoms with Crippen molar-refractivity contribution in [3.05, 3.63) is 54.1 Å². The van der Waals surface area contributed by atoms with Crippen LogP contribution < -0.4 is 4.72 Å². The van der Waals surface area contributed by atoms with E-state index in [4.69, 9.17) is 0 Å². The van der Waals surface area contributed by atoms with Crippen molar-refractivity contribution in [3.8, 4) is 0 Å². The monoisotopic (exact) mass is 353 g/mol. The van der Waals surface area contributed by atoms with E-state index < -0.39 is 19.9 Å². The van der Waals surface area contributed by atoms with E-state index in [0.717, 1.165) is 6.26 Å². The van der Waals surface area contributed by atoms with Crippen LogP contribution >= 0.6 is 0 Å². The van der Waals surface area contributed by atoms with Gasteiger partial charge >= 0.3 is 0 Å². The van der Waals surface area contributed by atoms with Crippen LogP contribution in [-0.4, -0.2) is 28.9 Å². The molecule has 0 aliphatic heterocycles. The van der Waals surface area contributed by atoms with Crippen molar-refractivity contribution in [2.24, 2.45) is 0 Å². The second-order valence-corrected chi connectivity index (χ2v) is 8.68. The Morgan fingerprint density at radius 2 is 1.52 bits per heavy atom. The van der Waals surface area contributed by atoms with E-state index in [9.17, 15) is 21.6 Å². The van der Waals surface area contributed by atoms with E-state index in [1.54, 1.807) is 0 Å². The number of benzene rings is 2. The molecule has 0 aromatic heterocycles. The number of nitrogens with one attached hydrogen (secondary N) is 1. The van der Waals surface area contributed by atoms with Crippen LogP contribution in [-0.2, 0) is 19.9 Å². The minimum Gasteiger partial charge on any atom is -0.295 e. The molecule has 0 aliphatic rings. The maximum atomic E-state index is 12.3. The molecule has 0 atom stereocenters. The van der Waals surface area contributed by atoms with E-state index in [2.05, 4.69) is 4.72 Å². The Bertz CT molecular complexity index is 946. The molecule has 0 spiro atoms. The number of hydrogen-bond donors (Lipinski definition) is 1. The molecular formula is C15H15NO5S2. The quantitative estimate of drug-likeness (QED) is 0.830. The van der Waals surface area contributed by atoms with E-state index in [-0.39, 0.29) is 21.3 Å². The standard InChI is InChI=1S/C15H15NO5S2/c1-11(17)12-6-8-14(9-7-12)23(20,21)16-13-4-3-5-15(10-13)22(2,18)19/h3-10,16H,1-2H3. The lowest BCUT2D eigenvalue weighted by Gasteiger charge is -2.09. The van der Waals surface area contributed by atoms with E-state index in [0.29, 0.717) is 5.56 Å². The molecule has 0 amide bonds. The Labute approximate surface area is 135 Å². The van der Waals surface area contributed by atoms with Gasteiger partial charge < -0.3 is 0 Å². The van der Waals surface area contributed by atoms with Crippen molar-refractivity contribution >= 4 is 31.3 Å². The Hall–Kier alpha value is -2.19. The molecule has 0 heterocycles. The van der Waals surface area contributed by atoms with Gasteiger partial charge in [-0.25, -0.2) is 16.8 Å². The highest BCUT2D eigenvalue weighted by molar-refractivity contribution is 7.92. The van der Waals surface area contributed by atoms with Crippen LogP contribution in [0.1, 0.15) is 17.3 Å². The van der Waals surface area contributed by atoms with Crippen molar-refractivity contribution in [1.29, 1.82) is 0 Å². The number of rotatable bonds is 5. The molecule has 0 bridgehead atoms. The minimum atomic E-state index is -3.87. The Kier molecular flexibility index (Phi) is 4.58. The van der Waals surface area contributed by atoms with Crippen molar-refractivity contribution in [2.75, 3.05) is 11.0 Å². The zero-order valence-electron chi connectivity index (χ0n) is 12.5. The Balaban J connectivity index is 2.33. The van der Waals surface area contributed by atoms with E-state index >= 15 is 0 Å². The lowest BCUT2D eigenvalue weighted by molar-refractivity contribution is 0.101. The highest BCUT2D eigenvalue weighted by atomic mass is 32.2. The van der Waals surface area contributed by atoms with Crippen molar-refractivity contribution in [1.82, 2.24) is 0 Å². The van der Waals surface area contributed by atoms with Gasteiger partial charge in [0.2, 0.25) is 0 Å². The van der Waals surface area contributed by atoms with Crippen molar-refractivity contribution < 1.29 is 21.6 Å². The normalized spacial score (nSPS) is 11.9. The predicted octanol–water partition coefficient (Wildman–Crippen LogP) is 2.09. The van der Waals surface area contributed by atoms with Crippen LogP contribution in [0.4, 0.5) is 5.69 Å². The van der Waals surface area contributed by atoms with E-state index in [1.165, 1.54) is 55.5 Å². The van der Waals surface area contributed by atoms with Gasteiger partial charge in [-0.2, -0.15) is 0 Å². The SMILES string of the molecule is CC(=O)c1ccc(S(=O)(=O)Nc2cccc(S(C)(=O)=O)c2)cc1. The van der Waals surface area contributed by atoms with Crippen LogP contribution in [0.15, 0.2) is 58.3 Å². The smallest absolute Gasteiger partial charge is 0.261 e. The summed E-state index contributed by atoms with van der Waals surface area (Å²) in [4.78, 5) is 11.2. The van der Waals surface area contributed by atoms with Crippen LogP contribution in [0, 0.1) is 0 Å². The summed E-state index contributed by atoms with van der Waals surface area (Å²) in [6.45, 7) is 1.39. The first-order valence-corrected chi connectivity index (χ1v) is 9.91. The summed E-state index contributed by atoms with van der Waals surface area (Å²) in [6.07, 6.45) is 1.04. The largest absolute Gasteiger partial charge is 0.295 e. The van der Waals surface area contributed by atoms with Gasteiger partial charge in [0.05, 0.1) is 15.5 Å². The molecular weight excluding hydrogens is 338 g/mol. The van der Waals surface area contributed by atoms with Gasteiger partial charge in [-0.15, -0.1) is 0 Å². The third-order valence-electron chi connectivity index (χ3n) is 3.09. The summed E-state index contributed by atoms with van der Waals surface area (Å²) in [5, 5.41) is 0. The highest BCUT2D eigenvalue weighted by Gasteiger charge is 2.16. The maximum absolute atomic E-state index is 12.3. The predicted molar refractivity (Wildman–Crippen MR) is 86.8 cm³/mol. The van der Waals surface area contributed by atoms with Crippen LogP contribution in [0.5, 0.6) is 0 Å². The maximum Gasteiger partial charge on any atom is 0.261 e. The summed E-state index contributed by atoms with van der Waals surface area (Å²) in [5.41, 5.74) is 0.548. The second-order valence-electron chi connectivity index (χ2n) is 4.99. The molecule has 0 saturated heterocycles. The summed E-state index contributed by atoms with van der Waals surface area (Å²) in [7, 11) is -7.31. The average molecular weight is 353 g/mol. The van der Waals surface area contributed by atoms with Gasteiger partial charge in [-0.3, -0.25) is 9.52 Å². The van der Waals surface area contributed by atoms with Gasteiger partial charge in [0.25, 0.3) is 10.0 Å². The summed E-state index contributed by atoms with van der Waals surface area (Å²) in [5.74, 6) is -0.164. The molecule has 0 radical (unpaired) electrons. The highest BCUT2D eigenvalue weighted by Crippen LogP contribution is 2.20. The van der Waals surface area contributed by atoms with Gasteiger partial charge in [0, 0.05) is 11.8 Å². The van der Waals surface area contributed by atoms with Gasteiger partial charge in [-0.1, -0.05) is 18.2 Å². The first kappa shape index (κ1) is 17.2. The number of hydrogen-bond acceptors (Lipinski definition) is 5. The molecule has 122 valence electrons. The number of carbonyl (C=O) groups excluding carboxylic acids is 1. The summed E-state index contributed by atoms with van der Waals surface area (Å²) >= 11 is 0. The average Bonchev–Trinajstić information content (AvgIpc) is 2.46. The molecule has 2 aromatic carbocycles. The number of sulfone groups is 1. The molecule has 2 aromatic rings. The molecule has 2 rings (SSSR count). The molecule has 1 N–H and O–H groups in total. The second kappa shape index (κ2) is 6.13. The fraction of sp³-hybridized carbons (Fsp3) is 0.133. The molecule has 0 unspecified atom stereocenters. The van der Waals surface area contributed by atoms with E-state index in [1.807, 2.05) is 0 Å². The van der Waals surface area contributed by atoms with Crippen molar-refractivity contribution in [3.63, 3.8) is 0 Å². The molecule has 0 fully saturated rings.